The van der Waals surface area contributed by atoms with Crippen LogP contribution in [0.1, 0.15) is 46.5 Å². The fourth-order valence-corrected chi connectivity index (χ4v) is 6.02. The molecule has 49 heavy (non-hydrogen) atoms. The molecule has 0 unspecified atom stereocenters. The van der Waals surface area contributed by atoms with Crippen molar-refractivity contribution in [1.29, 1.82) is 0 Å². The molecular formula is C32H34F3N9O5. The first-order valence-electron chi connectivity index (χ1n) is 15.7. The maximum absolute atomic E-state index is 14.2. The second-order valence-corrected chi connectivity index (χ2v) is 11.5. The maximum Gasteiger partial charge on any atom is 0.416 e. The predicted octanol–water partition coefficient (Wildman–Crippen LogP) is 2.98. The van der Waals surface area contributed by atoms with Crippen LogP contribution < -0.4 is 20.5 Å². The molecule has 0 radical (unpaired) electrons. The molecule has 5 heterocycles. The lowest BCUT2D eigenvalue weighted by Crippen LogP contribution is -2.51. The van der Waals surface area contributed by atoms with Crippen LogP contribution in [0.4, 0.5) is 24.5 Å². The Hall–Kier alpha value is -5.32. The molecule has 4 aromatic rings. The Morgan fingerprint density at radius 3 is 2.57 bits per heavy atom. The first-order valence-corrected chi connectivity index (χ1v) is 15.7. The fourth-order valence-electron chi connectivity index (χ4n) is 6.02. The molecule has 258 valence electrons. The minimum Gasteiger partial charge on any atom is -0.493 e. The number of aryl methyl sites for hydroxylation is 1. The van der Waals surface area contributed by atoms with Crippen LogP contribution in [-0.4, -0.2) is 92.3 Å². The van der Waals surface area contributed by atoms with Gasteiger partial charge in [0.1, 0.15) is 18.6 Å². The van der Waals surface area contributed by atoms with Crippen molar-refractivity contribution in [3.8, 4) is 5.75 Å². The van der Waals surface area contributed by atoms with Gasteiger partial charge in [0.15, 0.2) is 17.3 Å². The summed E-state index contributed by atoms with van der Waals surface area (Å²) in [5, 5.41) is 7.27. The number of anilines is 2. The molecule has 0 spiro atoms. The number of hydrogen-bond donors (Lipinski definition) is 1. The molecule has 0 aliphatic carbocycles. The Labute approximate surface area is 278 Å². The topological polar surface area (TPSA) is 149 Å². The summed E-state index contributed by atoms with van der Waals surface area (Å²) in [4.78, 5) is 57.1. The van der Waals surface area contributed by atoms with Gasteiger partial charge in [-0.25, -0.2) is 9.97 Å². The number of alkyl halides is 3. The van der Waals surface area contributed by atoms with Gasteiger partial charge in [0.25, 0.3) is 11.5 Å². The number of benzene rings is 1. The van der Waals surface area contributed by atoms with E-state index in [0.717, 1.165) is 17.7 Å². The summed E-state index contributed by atoms with van der Waals surface area (Å²) in [5.74, 6) is -0.122. The second kappa shape index (κ2) is 13.7. The average molecular weight is 682 g/mol. The number of methoxy groups -OCH3 is 1. The first kappa shape index (κ1) is 33.6. The lowest BCUT2D eigenvalue weighted by molar-refractivity contribution is -0.137. The predicted molar refractivity (Wildman–Crippen MR) is 172 cm³/mol. The number of halogens is 3. The summed E-state index contributed by atoms with van der Waals surface area (Å²) in [6.45, 7) is 5.02. The maximum atomic E-state index is 14.2. The van der Waals surface area contributed by atoms with E-state index in [1.165, 1.54) is 37.1 Å². The van der Waals surface area contributed by atoms with Gasteiger partial charge in [-0.2, -0.15) is 22.7 Å². The van der Waals surface area contributed by atoms with E-state index in [1.807, 2.05) is 17.9 Å². The summed E-state index contributed by atoms with van der Waals surface area (Å²) in [6, 6.07) is 3.10. The van der Waals surface area contributed by atoms with Crippen LogP contribution in [0.3, 0.4) is 0 Å². The Kier molecular flexibility index (Phi) is 9.36. The van der Waals surface area contributed by atoms with Gasteiger partial charge in [-0.3, -0.25) is 14.4 Å². The van der Waals surface area contributed by atoms with Crippen LogP contribution in [0, 0.1) is 6.92 Å². The second-order valence-electron chi connectivity index (χ2n) is 11.5. The number of carbonyl (C=O) groups is 2. The van der Waals surface area contributed by atoms with Gasteiger partial charge in [0, 0.05) is 31.9 Å². The molecule has 0 bridgehead atoms. The number of nitrogens with zero attached hydrogens (tertiary/aromatic N) is 8. The number of fused-ring (bicyclic) bond motifs is 1. The number of aromatic nitrogens is 6. The highest BCUT2D eigenvalue weighted by molar-refractivity contribution is 5.95. The Morgan fingerprint density at radius 2 is 1.92 bits per heavy atom. The van der Waals surface area contributed by atoms with E-state index < -0.39 is 23.2 Å². The number of nitrogens with one attached hydrogen (secondary N) is 1. The fraction of sp³-hybridized carbons (Fsp3) is 0.406. The first-order chi connectivity index (χ1) is 23.5. The molecule has 2 aliphatic rings. The van der Waals surface area contributed by atoms with Crippen LogP contribution in [0.2, 0.25) is 0 Å². The lowest BCUT2D eigenvalue weighted by Gasteiger charge is -2.36. The zero-order chi connectivity index (χ0) is 34.9. The molecule has 0 saturated carbocycles. The highest BCUT2D eigenvalue weighted by Gasteiger charge is 2.32. The molecule has 0 atom stereocenters. The van der Waals surface area contributed by atoms with Crippen LogP contribution in [-0.2, 0) is 28.7 Å². The summed E-state index contributed by atoms with van der Waals surface area (Å²) in [5.41, 5.74) is 1.00. The number of amides is 2. The van der Waals surface area contributed by atoms with Crippen LogP contribution in [0.25, 0.3) is 11.4 Å². The van der Waals surface area contributed by atoms with E-state index in [-0.39, 0.29) is 54.0 Å². The van der Waals surface area contributed by atoms with Crippen LogP contribution in [0.5, 0.6) is 5.75 Å². The van der Waals surface area contributed by atoms with Crippen molar-refractivity contribution in [3.63, 3.8) is 0 Å². The molecule has 1 saturated heterocycles. The highest BCUT2D eigenvalue weighted by atomic mass is 19.4. The van der Waals surface area contributed by atoms with Crippen molar-refractivity contribution in [2.24, 2.45) is 0 Å². The third-order valence-corrected chi connectivity index (χ3v) is 8.52. The van der Waals surface area contributed by atoms with E-state index >= 15 is 0 Å². The van der Waals surface area contributed by atoms with Gasteiger partial charge in [0.05, 0.1) is 37.8 Å². The minimum absolute atomic E-state index is 0.135. The normalized spacial score (nSPS) is 15.3. The van der Waals surface area contributed by atoms with Crippen molar-refractivity contribution in [2.75, 3.05) is 56.7 Å². The van der Waals surface area contributed by atoms with Gasteiger partial charge in [0.2, 0.25) is 11.7 Å². The molecule has 14 nitrogen and oxygen atoms in total. The molecule has 1 aromatic carbocycles. The van der Waals surface area contributed by atoms with Crippen molar-refractivity contribution >= 4 is 34.5 Å². The molecule has 3 aromatic heterocycles. The SMILES string of the molecule is CCc1c(N2CCN(C(=O)c3ncncc3OC)CC2)c(=O)n2nc(C3=CCOCC3)nc2n1CC(=O)Nc1ccc(C(F)(F)F)cc1C. The minimum atomic E-state index is -4.52. The van der Waals surface area contributed by atoms with Gasteiger partial charge < -0.3 is 29.2 Å². The van der Waals surface area contributed by atoms with E-state index in [0.29, 0.717) is 56.4 Å². The van der Waals surface area contributed by atoms with Gasteiger partial charge in [-0.05, 0) is 49.1 Å². The van der Waals surface area contributed by atoms with Crippen molar-refractivity contribution < 1.29 is 32.2 Å². The quantitative estimate of drug-likeness (QED) is 0.294. The Balaban J connectivity index is 1.34. The number of hydrogen-bond acceptors (Lipinski definition) is 10. The molecule has 2 aliphatic heterocycles. The van der Waals surface area contributed by atoms with Gasteiger partial charge in [-0.1, -0.05) is 13.0 Å². The molecule has 17 heteroatoms. The summed E-state index contributed by atoms with van der Waals surface area (Å²) in [7, 11) is 1.43. The van der Waals surface area contributed by atoms with E-state index in [4.69, 9.17) is 9.47 Å². The lowest BCUT2D eigenvalue weighted by atomic mass is 10.1. The molecule has 2 amide bonds. The summed E-state index contributed by atoms with van der Waals surface area (Å²) >= 11 is 0. The number of rotatable bonds is 8. The van der Waals surface area contributed by atoms with Crippen molar-refractivity contribution in [2.45, 2.75) is 39.4 Å². The van der Waals surface area contributed by atoms with E-state index in [1.54, 1.807) is 9.47 Å². The number of ether oxygens (including phenoxy) is 2. The average Bonchev–Trinajstić information content (AvgIpc) is 3.56. The van der Waals surface area contributed by atoms with Gasteiger partial charge >= 0.3 is 6.18 Å². The van der Waals surface area contributed by atoms with E-state index in [2.05, 4.69) is 25.4 Å². The smallest absolute Gasteiger partial charge is 0.416 e. The number of carbonyl (C=O) groups excluding carboxylic acids is 2. The molecule has 1 N–H and O–H groups in total. The Morgan fingerprint density at radius 1 is 1.14 bits per heavy atom. The zero-order valence-electron chi connectivity index (χ0n) is 27.1. The van der Waals surface area contributed by atoms with Crippen LogP contribution in [0.15, 0.2) is 41.6 Å². The van der Waals surface area contributed by atoms with Crippen LogP contribution >= 0.6 is 0 Å². The van der Waals surface area contributed by atoms with Crippen molar-refractivity contribution in [1.82, 2.24) is 34.0 Å². The zero-order valence-corrected chi connectivity index (χ0v) is 27.1. The largest absolute Gasteiger partial charge is 0.493 e. The third kappa shape index (κ3) is 6.70. The molecule has 1 fully saturated rings. The standard InChI is InChI=1S/C32H34F3N9O5/c1-4-23-27(41-9-11-42(12-10-41)29(46)26-24(48-3)16-36-18-37-26)30(47)44-31(39-28(40-44)20-7-13-49-14-8-20)43(23)17-25(45)38-22-6-5-21(15-19(22)2)32(33,34)35/h5-7,15-16,18H,4,8-14,17H2,1-3H3,(H,38,45). The van der Waals surface area contributed by atoms with Crippen molar-refractivity contribution in [3.05, 3.63) is 75.5 Å². The van der Waals surface area contributed by atoms with E-state index in [9.17, 15) is 27.6 Å². The van der Waals surface area contributed by atoms with Gasteiger partial charge in [-0.15, -0.1) is 5.10 Å². The monoisotopic (exact) mass is 681 g/mol. The highest BCUT2D eigenvalue weighted by Crippen LogP contribution is 2.32. The Bertz CT molecular complexity index is 2000. The number of piperazine rings is 1. The summed E-state index contributed by atoms with van der Waals surface area (Å²) < 4.78 is 53.2. The molecule has 6 rings (SSSR count). The third-order valence-electron chi connectivity index (χ3n) is 8.52. The summed E-state index contributed by atoms with van der Waals surface area (Å²) in [6.07, 6.45) is 0.892. The molecular weight excluding hydrogens is 647 g/mol.